The van der Waals surface area contributed by atoms with E-state index in [1.807, 2.05) is 0 Å². The molecule has 21 heteroatoms. The minimum Gasteiger partial charge on any atom is -0.674 e. The molecule has 0 amide bonds. The Balaban J connectivity index is 0.00000793. The largest absolute Gasteiger partial charge is 2.00 e. The Kier molecular flexibility index (Phi) is 14.1. The summed E-state index contributed by atoms with van der Waals surface area (Å²) in [4.78, 5) is 114. The summed E-state index contributed by atoms with van der Waals surface area (Å²) in [7, 11) is 0. The molecule has 1 aromatic heterocycles. The maximum atomic E-state index is 13.6. The number of ether oxygens (including phenoxy) is 1. The van der Waals surface area contributed by atoms with Gasteiger partial charge in [-0.25, -0.2) is 0 Å². The van der Waals surface area contributed by atoms with E-state index in [9.17, 15) is 74.1 Å². The van der Waals surface area contributed by atoms with E-state index in [1.165, 1.54) is 32.9 Å². The van der Waals surface area contributed by atoms with Crippen LogP contribution in [-0.4, -0.2) is 70.8 Å². The van der Waals surface area contributed by atoms with E-state index < -0.39 is 145 Å². The Morgan fingerprint density at radius 1 is 0.754 bits per heavy atom. The Morgan fingerprint density at radius 3 is 1.92 bits per heavy atom. The summed E-state index contributed by atoms with van der Waals surface area (Å²) in [5, 5.41) is 91.0. The van der Waals surface area contributed by atoms with E-state index >= 15 is 0 Å². The maximum absolute atomic E-state index is 13.6. The van der Waals surface area contributed by atoms with Gasteiger partial charge in [-0.15, -0.1) is 5.69 Å². The van der Waals surface area contributed by atoms with Crippen molar-refractivity contribution in [1.82, 2.24) is 4.98 Å². The number of carboxylic acids is 7. The normalized spacial score (nSPS) is 29.5. The topological polar surface area (TPSA) is 360 Å². The second-order valence-corrected chi connectivity index (χ2v) is 17.8. The third-order valence-corrected chi connectivity index (χ3v) is 13.9. The van der Waals surface area contributed by atoms with Gasteiger partial charge in [-0.1, -0.05) is 44.1 Å². The summed E-state index contributed by atoms with van der Waals surface area (Å²) in [6, 6.07) is 0. The van der Waals surface area contributed by atoms with Crippen LogP contribution < -0.4 is 40.7 Å². The molecule has 0 N–H and O–H groups in total. The average Bonchev–Trinajstić information content (AvgIpc) is 3.78. The van der Waals surface area contributed by atoms with E-state index in [0.717, 1.165) is 0 Å². The van der Waals surface area contributed by atoms with Crippen LogP contribution in [0.5, 0.6) is 0 Å². The Morgan fingerprint density at radius 2 is 1.35 bits per heavy atom. The van der Waals surface area contributed by atoms with E-state index in [2.05, 4.69) is 0 Å². The fourth-order valence-electron chi connectivity index (χ4n) is 10.8. The molecule has 2 saturated heterocycles. The molecule has 6 rings (SSSR count). The van der Waals surface area contributed by atoms with E-state index in [4.69, 9.17) is 25.0 Å². The van der Waals surface area contributed by atoms with Crippen molar-refractivity contribution in [3.8, 4) is 0 Å². The minimum atomic E-state index is -1.89. The Hall–Kier alpha value is -6.09. The molecule has 8 bridgehead atoms. The summed E-state index contributed by atoms with van der Waals surface area (Å²) < 4.78 is 5.87. The molecule has 1 aromatic rings. The third kappa shape index (κ3) is 9.12. The smallest absolute Gasteiger partial charge is 0.674 e. The van der Waals surface area contributed by atoms with Gasteiger partial charge >= 0.3 is 22.7 Å². The molecule has 1 spiro atoms. The van der Waals surface area contributed by atoms with Crippen LogP contribution in [-0.2, 0) is 79.1 Å². The first-order chi connectivity index (χ1) is 29.9. The van der Waals surface area contributed by atoms with E-state index in [0.29, 0.717) is 0 Å². The minimum absolute atomic E-state index is 0. The van der Waals surface area contributed by atoms with Crippen LogP contribution in [0.15, 0.2) is 38.7 Å². The van der Waals surface area contributed by atoms with Gasteiger partial charge in [-0.3, -0.25) is 14.8 Å². The molecule has 5 aliphatic rings. The quantitative estimate of drug-likeness (QED) is 0.125. The van der Waals surface area contributed by atoms with Crippen molar-refractivity contribution in [3.05, 3.63) is 56.6 Å². The first kappa shape index (κ1) is 49.9. The second-order valence-electron chi connectivity index (χ2n) is 17.8. The van der Waals surface area contributed by atoms with Crippen molar-refractivity contribution in [2.24, 2.45) is 38.1 Å². The molecule has 0 aromatic carbocycles. The zero-order chi connectivity index (χ0) is 47.3. The maximum Gasteiger partial charge on any atom is 2.00 e. The van der Waals surface area contributed by atoms with Crippen molar-refractivity contribution in [1.29, 1.82) is 0 Å². The zero-order valence-electron chi connectivity index (χ0n) is 35.7. The van der Waals surface area contributed by atoms with Gasteiger partial charge < -0.3 is 84.3 Å². The van der Waals surface area contributed by atoms with Crippen LogP contribution in [0.1, 0.15) is 114 Å². The number of carboxylic acid groups (broad SMARTS) is 7. The Bertz CT molecular complexity index is 2410. The van der Waals surface area contributed by atoms with Gasteiger partial charge in [0, 0.05) is 94.2 Å². The zero-order valence-corrected chi connectivity index (χ0v) is 36.8. The number of aliphatic carboxylic acids is 7. The predicted molar refractivity (Wildman–Crippen MR) is 203 cm³/mol. The van der Waals surface area contributed by atoms with Gasteiger partial charge in [0.25, 0.3) is 0 Å². The van der Waals surface area contributed by atoms with Gasteiger partial charge in [0.15, 0.2) is 0 Å². The summed E-state index contributed by atoms with van der Waals surface area (Å²) >= 11 is 0. The monoisotopic (exact) mass is 942 g/mol. The predicted octanol–water partition coefficient (Wildman–Crippen LogP) is -4.86. The van der Waals surface area contributed by atoms with Gasteiger partial charge in [0.05, 0.1) is 12.5 Å². The SMILES string of the molecule is CC1OC(=O)C[C@@]2(C)[C@H](CCC(=O)[O-])C3=CC4=N/C(=C\c5[n-]c(c(CCC(=O)[O-])c5CC(=O)[O-])CC5=NC(=C(CC(=O)[O-])[C@@]5(C)CCC(=O)[O-])C12[N-]3)[C@@H](CCC(=O)[O-])[C@]4(C)CC(=O)[O-].[Co+2]. The molecule has 0 saturated carbocycles. The molecule has 20 nitrogen and oxygen atoms in total. The van der Waals surface area contributed by atoms with Gasteiger partial charge in [0.2, 0.25) is 0 Å². The van der Waals surface area contributed by atoms with E-state index in [-0.39, 0.29) is 99.1 Å². The molecule has 0 aliphatic carbocycles. The fraction of sp³-hybridized carbons (Fsp3) is 0.545. The molecule has 7 atom stereocenters. The number of aliphatic imine (C=N–C) groups is 2. The van der Waals surface area contributed by atoms with Crippen molar-refractivity contribution >= 4 is 65.3 Å². The summed E-state index contributed by atoms with van der Waals surface area (Å²) in [5.74, 6) is -13.7. The first-order valence-corrected chi connectivity index (χ1v) is 20.7. The number of rotatable bonds is 18. The van der Waals surface area contributed by atoms with Crippen molar-refractivity contribution in [2.75, 3.05) is 0 Å². The summed E-state index contributed by atoms with van der Waals surface area (Å²) in [5.41, 5.74) is -6.68. The van der Waals surface area contributed by atoms with Crippen LogP contribution in [0, 0.1) is 28.1 Å². The van der Waals surface area contributed by atoms with Crippen molar-refractivity contribution in [2.45, 2.75) is 123 Å². The number of hydrogen-bond donors (Lipinski definition) is 0. The van der Waals surface area contributed by atoms with Crippen LogP contribution in [0.3, 0.4) is 0 Å². The number of nitrogens with zero attached hydrogens (tertiary/aromatic N) is 4. The van der Waals surface area contributed by atoms with E-state index in [1.54, 1.807) is 6.92 Å². The second kappa shape index (κ2) is 18.4. The number of carbonyl (C=O) groups excluding carboxylic acids is 8. The molecule has 65 heavy (non-hydrogen) atoms. The number of esters is 1. The van der Waals surface area contributed by atoms with Gasteiger partial charge in [-0.2, -0.15) is 11.4 Å². The summed E-state index contributed by atoms with van der Waals surface area (Å²) in [6.45, 7) is 6.09. The standard InChI is InChI=1S/C44H51N4O16.Co/c1-20-44-40-25(14-37(59)60)41(2,12-11-35(55)56)30(47-40)16-27-21(5-8-32(49)50)22(13-36(57)58)26(45-27)15-28-23(6-9-33(51)52)42(3,18-38(61)62)31(46-28)17-29(48-44)24(7-10-34(53)54)43(44,4)19-39(63)64-20;/h15,17,20,23-24H,5-14,16,18-19H2,1-4H3,(H8,46,48,49,50,51,52,53,54,55,56,57,58,59,60,61,62);/q-1;+2/p-8/b28-15-;/t20?,23-,24-,41-,42+,43+,44?;/m1./s1. The molecule has 5 aliphatic heterocycles. The Labute approximate surface area is 382 Å². The molecule has 2 fully saturated rings. The number of hydrogen-bond acceptors (Lipinski definition) is 18. The van der Waals surface area contributed by atoms with Crippen molar-refractivity contribution < 1.29 is 95.6 Å². The molecule has 351 valence electrons. The van der Waals surface area contributed by atoms with Gasteiger partial charge in [0.1, 0.15) is 0 Å². The number of carbonyl (C=O) groups is 8. The van der Waals surface area contributed by atoms with Crippen LogP contribution >= 0.6 is 0 Å². The molecule has 2 unspecified atom stereocenters. The van der Waals surface area contributed by atoms with Gasteiger partial charge in [-0.05, 0) is 93.6 Å². The average molecular weight is 943 g/mol. The number of aromatic nitrogens is 1. The van der Waals surface area contributed by atoms with Crippen LogP contribution in [0.2, 0.25) is 0 Å². The molecule has 1 radical (unpaired) electrons. The summed E-state index contributed by atoms with van der Waals surface area (Å²) in [6.07, 6.45) is -5.64. The van der Waals surface area contributed by atoms with Crippen LogP contribution in [0.4, 0.5) is 0 Å². The molecular weight excluding hydrogens is 899 g/mol. The molecular formula is C44H43CoN4O16-7. The fourth-order valence-corrected chi connectivity index (χ4v) is 10.8. The number of fused-ring (bicyclic) bond motifs is 5. The number of cyclic esters (lactones) is 1. The molecule has 6 heterocycles. The number of allylic oxidation sites excluding steroid dienone is 3. The van der Waals surface area contributed by atoms with Crippen molar-refractivity contribution in [3.63, 3.8) is 0 Å². The third-order valence-electron chi connectivity index (χ3n) is 13.9. The first-order valence-electron chi connectivity index (χ1n) is 20.7. The van der Waals surface area contributed by atoms with Crippen LogP contribution in [0.25, 0.3) is 11.4 Å².